The number of benzene rings is 2. The number of halogens is 2. The van der Waals surface area contributed by atoms with Crippen molar-refractivity contribution in [2.24, 2.45) is 0 Å². The minimum absolute atomic E-state index is 0.0604. The highest BCUT2D eigenvalue weighted by atomic mass is 35.5. The van der Waals surface area contributed by atoms with Crippen molar-refractivity contribution in [2.75, 3.05) is 10.2 Å². The second-order valence-corrected chi connectivity index (χ2v) is 5.90. The molecule has 1 aliphatic rings. The molecule has 0 aromatic heterocycles. The SMILES string of the molecule is C[C@@H]1CCc2cc(F)ccc2N1C(=O)Nc1ccc(Cl)cc1. The molecule has 0 radical (unpaired) electrons. The molecular weight excluding hydrogens is 303 g/mol. The number of hydrogen-bond acceptors (Lipinski definition) is 1. The van der Waals surface area contributed by atoms with Crippen LogP contribution in [0.2, 0.25) is 5.02 Å². The van der Waals surface area contributed by atoms with Crippen LogP contribution in [0, 0.1) is 5.82 Å². The summed E-state index contributed by atoms with van der Waals surface area (Å²) in [5, 5.41) is 3.48. The van der Waals surface area contributed by atoms with Gasteiger partial charge in [-0.05, 0) is 67.8 Å². The molecule has 1 aliphatic heterocycles. The maximum absolute atomic E-state index is 13.4. The molecule has 1 atom stereocenters. The van der Waals surface area contributed by atoms with Crippen LogP contribution >= 0.6 is 11.6 Å². The van der Waals surface area contributed by atoms with Gasteiger partial charge in [0.05, 0.1) is 0 Å². The van der Waals surface area contributed by atoms with Gasteiger partial charge in [-0.3, -0.25) is 4.90 Å². The molecule has 114 valence electrons. The maximum atomic E-state index is 13.4. The second kappa shape index (κ2) is 5.97. The summed E-state index contributed by atoms with van der Waals surface area (Å²) in [5.41, 5.74) is 2.31. The molecule has 3 rings (SSSR count). The quantitative estimate of drug-likeness (QED) is 0.800. The standard InChI is InChI=1S/C17H16ClFN2O/c1-11-2-3-12-10-14(19)6-9-16(12)21(11)17(22)20-15-7-4-13(18)5-8-15/h4-11H,2-3H2,1H3,(H,20,22)/t11-/m1/s1. The lowest BCUT2D eigenvalue weighted by molar-refractivity contribution is 0.254. The molecule has 3 nitrogen and oxygen atoms in total. The van der Waals surface area contributed by atoms with Crippen LogP contribution in [0.15, 0.2) is 42.5 Å². The highest BCUT2D eigenvalue weighted by molar-refractivity contribution is 6.30. The van der Waals surface area contributed by atoms with Gasteiger partial charge in [-0.2, -0.15) is 0 Å². The van der Waals surface area contributed by atoms with Crippen molar-refractivity contribution >= 4 is 29.0 Å². The highest BCUT2D eigenvalue weighted by Crippen LogP contribution is 2.31. The van der Waals surface area contributed by atoms with Crippen LogP contribution in [0.4, 0.5) is 20.6 Å². The lowest BCUT2D eigenvalue weighted by Gasteiger charge is -2.35. The van der Waals surface area contributed by atoms with E-state index < -0.39 is 0 Å². The van der Waals surface area contributed by atoms with E-state index >= 15 is 0 Å². The number of anilines is 2. The Kier molecular flexibility index (Phi) is 4.03. The Bertz CT molecular complexity index is 702. The van der Waals surface area contributed by atoms with Gasteiger partial charge in [0.2, 0.25) is 0 Å². The number of carbonyl (C=O) groups is 1. The first-order valence-electron chi connectivity index (χ1n) is 7.19. The number of amides is 2. The number of hydrogen-bond donors (Lipinski definition) is 1. The van der Waals surface area contributed by atoms with Gasteiger partial charge in [0.1, 0.15) is 5.82 Å². The van der Waals surface area contributed by atoms with Gasteiger partial charge >= 0.3 is 6.03 Å². The van der Waals surface area contributed by atoms with Crippen LogP contribution in [0.3, 0.4) is 0 Å². The largest absolute Gasteiger partial charge is 0.326 e. The lowest BCUT2D eigenvalue weighted by Crippen LogP contribution is -2.44. The molecule has 0 unspecified atom stereocenters. The Hall–Kier alpha value is -2.07. The van der Waals surface area contributed by atoms with E-state index in [0.717, 1.165) is 24.1 Å². The minimum Gasteiger partial charge on any atom is -0.308 e. The fourth-order valence-corrected chi connectivity index (χ4v) is 2.87. The van der Waals surface area contributed by atoms with Gasteiger partial charge in [0, 0.05) is 22.4 Å². The van der Waals surface area contributed by atoms with E-state index in [9.17, 15) is 9.18 Å². The number of aryl methyl sites for hydroxylation is 1. The molecule has 0 bridgehead atoms. The second-order valence-electron chi connectivity index (χ2n) is 5.47. The number of urea groups is 1. The fraction of sp³-hybridized carbons (Fsp3) is 0.235. The van der Waals surface area contributed by atoms with E-state index in [1.54, 1.807) is 35.2 Å². The summed E-state index contributed by atoms with van der Waals surface area (Å²) in [7, 11) is 0. The normalized spacial score (nSPS) is 17.0. The van der Waals surface area contributed by atoms with Gasteiger partial charge in [0.15, 0.2) is 0 Å². The molecule has 0 saturated carbocycles. The molecule has 2 amide bonds. The Morgan fingerprint density at radius 3 is 2.73 bits per heavy atom. The number of fused-ring (bicyclic) bond motifs is 1. The predicted molar refractivity (Wildman–Crippen MR) is 87.1 cm³/mol. The Labute approximate surface area is 133 Å². The molecule has 22 heavy (non-hydrogen) atoms. The van der Waals surface area contributed by atoms with Gasteiger partial charge in [0.25, 0.3) is 0 Å². The van der Waals surface area contributed by atoms with Gasteiger partial charge < -0.3 is 5.32 Å². The number of nitrogens with one attached hydrogen (secondary N) is 1. The third-order valence-corrected chi connectivity index (χ3v) is 4.14. The van der Waals surface area contributed by atoms with Crippen molar-refractivity contribution in [3.8, 4) is 0 Å². The van der Waals surface area contributed by atoms with Crippen LogP contribution in [0.5, 0.6) is 0 Å². The summed E-state index contributed by atoms with van der Waals surface area (Å²) in [5.74, 6) is -0.272. The summed E-state index contributed by atoms with van der Waals surface area (Å²) in [6.45, 7) is 1.99. The molecule has 1 heterocycles. The van der Waals surface area contributed by atoms with Crippen molar-refractivity contribution in [3.63, 3.8) is 0 Å². The molecule has 1 N–H and O–H groups in total. The summed E-state index contributed by atoms with van der Waals surface area (Å²) in [4.78, 5) is 14.3. The zero-order valence-electron chi connectivity index (χ0n) is 12.1. The Morgan fingerprint density at radius 1 is 1.27 bits per heavy atom. The molecule has 0 saturated heterocycles. The zero-order chi connectivity index (χ0) is 15.7. The molecule has 0 fully saturated rings. The number of carbonyl (C=O) groups excluding carboxylic acids is 1. The van der Waals surface area contributed by atoms with E-state index in [0.29, 0.717) is 10.7 Å². The van der Waals surface area contributed by atoms with Crippen molar-refractivity contribution in [3.05, 3.63) is 58.9 Å². The summed E-state index contributed by atoms with van der Waals surface area (Å²) in [6.07, 6.45) is 1.59. The van der Waals surface area contributed by atoms with Gasteiger partial charge in [-0.1, -0.05) is 11.6 Å². The zero-order valence-corrected chi connectivity index (χ0v) is 12.9. The van der Waals surface area contributed by atoms with E-state index in [4.69, 9.17) is 11.6 Å². The summed E-state index contributed by atoms with van der Waals surface area (Å²) in [6, 6.07) is 11.3. The number of nitrogens with zero attached hydrogens (tertiary/aromatic N) is 1. The highest BCUT2D eigenvalue weighted by Gasteiger charge is 2.28. The lowest BCUT2D eigenvalue weighted by atomic mass is 9.97. The first-order valence-corrected chi connectivity index (χ1v) is 7.56. The van der Waals surface area contributed by atoms with Gasteiger partial charge in [-0.15, -0.1) is 0 Å². The van der Waals surface area contributed by atoms with Crippen LogP contribution in [0.1, 0.15) is 18.9 Å². The molecule has 5 heteroatoms. The fourth-order valence-electron chi connectivity index (χ4n) is 2.75. The van der Waals surface area contributed by atoms with Crippen molar-refractivity contribution in [1.29, 1.82) is 0 Å². The average molecular weight is 319 g/mol. The smallest absolute Gasteiger partial charge is 0.308 e. The van der Waals surface area contributed by atoms with Crippen LogP contribution < -0.4 is 10.2 Å². The monoisotopic (exact) mass is 318 g/mol. The molecular formula is C17H16ClFN2O. The molecule has 0 spiro atoms. The van der Waals surface area contributed by atoms with E-state index in [-0.39, 0.29) is 17.9 Å². The van der Waals surface area contributed by atoms with Crippen LogP contribution in [-0.2, 0) is 6.42 Å². The molecule has 2 aromatic rings. The van der Waals surface area contributed by atoms with E-state index in [1.807, 2.05) is 6.92 Å². The average Bonchev–Trinajstić information content (AvgIpc) is 2.49. The first kappa shape index (κ1) is 14.9. The predicted octanol–water partition coefficient (Wildman–Crippen LogP) is 4.85. The summed E-state index contributed by atoms with van der Waals surface area (Å²) < 4.78 is 13.4. The number of rotatable bonds is 1. The maximum Gasteiger partial charge on any atom is 0.326 e. The third-order valence-electron chi connectivity index (χ3n) is 3.89. The van der Waals surface area contributed by atoms with E-state index in [2.05, 4.69) is 5.32 Å². The minimum atomic E-state index is -0.272. The van der Waals surface area contributed by atoms with Crippen molar-refractivity contribution in [2.45, 2.75) is 25.8 Å². The third kappa shape index (κ3) is 2.92. The summed E-state index contributed by atoms with van der Waals surface area (Å²) >= 11 is 5.84. The molecule has 2 aromatic carbocycles. The topological polar surface area (TPSA) is 32.3 Å². The van der Waals surface area contributed by atoms with Gasteiger partial charge in [-0.25, -0.2) is 9.18 Å². The van der Waals surface area contributed by atoms with Crippen LogP contribution in [0.25, 0.3) is 0 Å². The van der Waals surface area contributed by atoms with E-state index in [1.165, 1.54) is 12.1 Å². The first-order chi connectivity index (χ1) is 10.5. The van der Waals surface area contributed by atoms with Crippen molar-refractivity contribution < 1.29 is 9.18 Å². The Morgan fingerprint density at radius 2 is 2.00 bits per heavy atom. The van der Waals surface area contributed by atoms with Crippen LogP contribution in [-0.4, -0.2) is 12.1 Å². The van der Waals surface area contributed by atoms with Crippen molar-refractivity contribution in [1.82, 2.24) is 0 Å². The molecule has 0 aliphatic carbocycles. The Balaban J connectivity index is 1.87.